The first-order valence-electron chi connectivity index (χ1n) is 7.55. The number of hydrogen-bond donors (Lipinski definition) is 1. The van der Waals surface area contributed by atoms with Crippen LogP contribution in [0.25, 0.3) is 0 Å². The Morgan fingerprint density at radius 1 is 0.875 bits per heavy atom. The molecule has 0 aromatic heterocycles. The van der Waals surface area contributed by atoms with Crippen LogP contribution in [-0.2, 0) is 6.61 Å². The summed E-state index contributed by atoms with van der Waals surface area (Å²) in [6.07, 6.45) is 0. The van der Waals surface area contributed by atoms with Gasteiger partial charge in [-0.05, 0) is 64.6 Å². The van der Waals surface area contributed by atoms with Crippen LogP contribution in [0.5, 0.6) is 5.75 Å². The van der Waals surface area contributed by atoms with E-state index in [1.165, 1.54) is 0 Å². The second-order valence-corrected chi connectivity index (χ2v) is 6.39. The minimum Gasteiger partial charge on any atom is -0.489 e. The Hall–Kier alpha value is -2.34. The highest BCUT2D eigenvalue weighted by molar-refractivity contribution is 14.1. The fourth-order valence-corrected chi connectivity index (χ4v) is 2.85. The molecular weight excluding hydrogens is 413 g/mol. The molecule has 0 bridgehead atoms. The van der Waals surface area contributed by atoms with Crippen molar-refractivity contribution in [1.29, 1.82) is 0 Å². The highest BCUT2D eigenvalue weighted by Crippen LogP contribution is 2.19. The SMILES string of the molecule is O=C(Nc1ccc(OCc2ccccc2)cc1)c1ccccc1I. The maximum absolute atomic E-state index is 12.3. The van der Waals surface area contributed by atoms with E-state index in [9.17, 15) is 4.79 Å². The van der Waals surface area contributed by atoms with E-state index in [1.54, 1.807) is 0 Å². The average Bonchev–Trinajstić information content (AvgIpc) is 2.62. The number of hydrogen-bond acceptors (Lipinski definition) is 2. The first-order valence-corrected chi connectivity index (χ1v) is 8.63. The van der Waals surface area contributed by atoms with Crippen molar-refractivity contribution in [2.24, 2.45) is 0 Å². The topological polar surface area (TPSA) is 38.3 Å². The monoisotopic (exact) mass is 429 g/mol. The number of benzene rings is 3. The predicted molar refractivity (Wildman–Crippen MR) is 104 cm³/mol. The van der Waals surface area contributed by atoms with Crippen LogP contribution >= 0.6 is 22.6 Å². The van der Waals surface area contributed by atoms with Crippen LogP contribution in [0.4, 0.5) is 5.69 Å². The van der Waals surface area contributed by atoms with Crippen molar-refractivity contribution in [2.45, 2.75) is 6.61 Å². The average molecular weight is 429 g/mol. The Labute approximate surface area is 154 Å². The van der Waals surface area contributed by atoms with E-state index in [0.29, 0.717) is 12.2 Å². The zero-order chi connectivity index (χ0) is 16.8. The smallest absolute Gasteiger partial charge is 0.256 e. The third-order valence-corrected chi connectivity index (χ3v) is 4.42. The lowest BCUT2D eigenvalue weighted by Crippen LogP contribution is -2.13. The zero-order valence-corrected chi connectivity index (χ0v) is 15.1. The van der Waals surface area contributed by atoms with E-state index in [2.05, 4.69) is 27.9 Å². The van der Waals surface area contributed by atoms with E-state index >= 15 is 0 Å². The molecule has 0 saturated heterocycles. The minimum atomic E-state index is -0.113. The maximum Gasteiger partial charge on any atom is 0.256 e. The molecule has 0 spiro atoms. The van der Waals surface area contributed by atoms with E-state index in [0.717, 1.165) is 20.6 Å². The van der Waals surface area contributed by atoms with Gasteiger partial charge in [-0.25, -0.2) is 0 Å². The highest BCUT2D eigenvalue weighted by Gasteiger charge is 2.09. The summed E-state index contributed by atoms with van der Waals surface area (Å²) in [4.78, 5) is 12.3. The number of rotatable bonds is 5. The van der Waals surface area contributed by atoms with Crippen molar-refractivity contribution >= 4 is 34.2 Å². The van der Waals surface area contributed by atoms with Crippen molar-refractivity contribution < 1.29 is 9.53 Å². The molecule has 0 heterocycles. The highest BCUT2D eigenvalue weighted by atomic mass is 127. The number of halogens is 1. The molecule has 0 aliphatic heterocycles. The molecule has 1 N–H and O–H groups in total. The van der Waals surface area contributed by atoms with Gasteiger partial charge in [-0.1, -0.05) is 42.5 Å². The van der Waals surface area contributed by atoms with Gasteiger partial charge in [-0.2, -0.15) is 0 Å². The third-order valence-electron chi connectivity index (χ3n) is 3.48. The Balaban J connectivity index is 1.60. The lowest BCUT2D eigenvalue weighted by atomic mass is 10.2. The van der Waals surface area contributed by atoms with Crippen molar-refractivity contribution in [3.8, 4) is 5.75 Å². The van der Waals surface area contributed by atoms with Gasteiger partial charge in [0.25, 0.3) is 5.91 Å². The normalized spacial score (nSPS) is 10.2. The predicted octanol–water partition coefficient (Wildman–Crippen LogP) is 5.12. The summed E-state index contributed by atoms with van der Waals surface area (Å²) in [7, 11) is 0. The van der Waals surface area contributed by atoms with Crippen LogP contribution in [0, 0.1) is 3.57 Å². The van der Waals surface area contributed by atoms with Crippen LogP contribution in [0.3, 0.4) is 0 Å². The van der Waals surface area contributed by atoms with Gasteiger partial charge in [0.15, 0.2) is 0 Å². The van der Waals surface area contributed by atoms with Gasteiger partial charge in [0.2, 0.25) is 0 Å². The Bertz CT molecular complexity index is 817. The number of nitrogens with one attached hydrogen (secondary N) is 1. The Morgan fingerprint density at radius 3 is 2.25 bits per heavy atom. The fraction of sp³-hybridized carbons (Fsp3) is 0.0500. The van der Waals surface area contributed by atoms with Crippen molar-refractivity contribution in [3.63, 3.8) is 0 Å². The summed E-state index contributed by atoms with van der Waals surface area (Å²) in [6.45, 7) is 0.523. The van der Waals surface area contributed by atoms with Crippen LogP contribution < -0.4 is 10.1 Å². The lowest BCUT2D eigenvalue weighted by Gasteiger charge is -2.09. The van der Waals surface area contributed by atoms with Crippen LogP contribution in [0.15, 0.2) is 78.9 Å². The van der Waals surface area contributed by atoms with Gasteiger partial charge in [0, 0.05) is 9.26 Å². The molecule has 1 amide bonds. The number of carbonyl (C=O) groups excluding carboxylic acids is 1. The van der Waals surface area contributed by atoms with E-state index in [-0.39, 0.29) is 5.91 Å². The maximum atomic E-state index is 12.3. The second kappa shape index (κ2) is 7.97. The van der Waals surface area contributed by atoms with Crippen LogP contribution in [0.2, 0.25) is 0 Å². The van der Waals surface area contributed by atoms with Crippen LogP contribution in [0.1, 0.15) is 15.9 Å². The second-order valence-electron chi connectivity index (χ2n) is 5.23. The Morgan fingerprint density at radius 2 is 1.54 bits per heavy atom. The fourth-order valence-electron chi connectivity index (χ4n) is 2.22. The molecule has 3 nitrogen and oxygen atoms in total. The molecule has 24 heavy (non-hydrogen) atoms. The summed E-state index contributed by atoms with van der Waals surface area (Å²) in [5.41, 5.74) is 2.53. The molecule has 3 aromatic carbocycles. The number of anilines is 1. The molecule has 3 aromatic rings. The van der Waals surface area contributed by atoms with Crippen LogP contribution in [-0.4, -0.2) is 5.91 Å². The molecule has 0 aliphatic rings. The van der Waals surface area contributed by atoms with Gasteiger partial charge in [0.1, 0.15) is 12.4 Å². The third kappa shape index (κ3) is 4.35. The lowest BCUT2D eigenvalue weighted by molar-refractivity contribution is 0.102. The van der Waals surface area contributed by atoms with Gasteiger partial charge in [0.05, 0.1) is 5.56 Å². The summed E-state index contributed by atoms with van der Waals surface area (Å²) in [5, 5.41) is 2.90. The van der Waals surface area contributed by atoms with E-state index < -0.39 is 0 Å². The molecule has 0 atom stereocenters. The summed E-state index contributed by atoms with van der Waals surface area (Å²) in [6, 6.07) is 24.9. The summed E-state index contributed by atoms with van der Waals surface area (Å²) >= 11 is 2.16. The van der Waals surface area contributed by atoms with Gasteiger partial charge < -0.3 is 10.1 Å². The zero-order valence-electron chi connectivity index (χ0n) is 12.9. The van der Waals surface area contributed by atoms with Gasteiger partial charge >= 0.3 is 0 Å². The van der Waals surface area contributed by atoms with Gasteiger partial charge in [-0.15, -0.1) is 0 Å². The number of carbonyl (C=O) groups is 1. The van der Waals surface area contributed by atoms with Crippen molar-refractivity contribution in [3.05, 3.63) is 93.6 Å². The van der Waals surface area contributed by atoms with Gasteiger partial charge in [-0.3, -0.25) is 4.79 Å². The standard InChI is InChI=1S/C20H16INO2/c21-19-9-5-4-8-18(19)20(23)22-16-10-12-17(13-11-16)24-14-15-6-2-1-3-7-15/h1-13H,14H2,(H,22,23). The first kappa shape index (κ1) is 16.5. The molecule has 3 rings (SSSR count). The molecular formula is C20H16INO2. The molecule has 4 heteroatoms. The van der Waals surface area contributed by atoms with E-state index in [4.69, 9.17) is 4.74 Å². The largest absolute Gasteiger partial charge is 0.489 e. The quantitative estimate of drug-likeness (QED) is 0.572. The molecule has 0 aliphatic carbocycles. The van der Waals surface area contributed by atoms with Crippen molar-refractivity contribution in [2.75, 3.05) is 5.32 Å². The summed E-state index contributed by atoms with van der Waals surface area (Å²) < 4.78 is 6.67. The molecule has 0 saturated carbocycles. The number of amides is 1. The van der Waals surface area contributed by atoms with Crippen molar-refractivity contribution in [1.82, 2.24) is 0 Å². The minimum absolute atomic E-state index is 0.113. The molecule has 120 valence electrons. The van der Waals surface area contributed by atoms with E-state index in [1.807, 2.05) is 78.9 Å². The Kier molecular flexibility index (Phi) is 5.48. The number of ether oxygens (including phenoxy) is 1. The molecule has 0 fully saturated rings. The molecule has 0 unspecified atom stereocenters. The summed E-state index contributed by atoms with van der Waals surface area (Å²) in [5.74, 6) is 0.657. The molecule has 0 radical (unpaired) electrons. The first-order chi connectivity index (χ1) is 11.7.